The molecular weight excluding hydrogens is 501 g/mol. The van der Waals surface area contributed by atoms with Gasteiger partial charge in [0, 0.05) is 31.4 Å². The molecule has 0 unspecified atom stereocenters. The van der Waals surface area contributed by atoms with E-state index in [9.17, 15) is 22.8 Å². The van der Waals surface area contributed by atoms with Crippen LogP contribution < -0.4 is 4.90 Å². The monoisotopic (exact) mass is 524 g/mol. The summed E-state index contributed by atoms with van der Waals surface area (Å²) in [5, 5.41) is 4.55. The zero-order valence-corrected chi connectivity index (χ0v) is 20.9. The van der Waals surface area contributed by atoms with Crippen molar-refractivity contribution in [3.8, 4) is 28.1 Å². The zero-order chi connectivity index (χ0) is 27.6. The molecule has 0 amide bonds. The summed E-state index contributed by atoms with van der Waals surface area (Å²) in [4.78, 5) is 31.4. The van der Waals surface area contributed by atoms with Crippen molar-refractivity contribution in [3.05, 3.63) is 83.7 Å². The van der Waals surface area contributed by atoms with Crippen molar-refractivity contribution in [1.82, 2.24) is 14.8 Å². The van der Waals surface area contributed by atoms with Crippen LogP contribution in [0.3, 0.4) is 0 Å². The summed E-state index contributed by atoms with van der Waals surface area (Å²) in [6.45, 7) is 0. The van der Waals surface area contributed by atoms with E-state index in [2.05, 4.69) is 10.1 Å². The molecule has 0 radical (unpaired) electrons. The lowest BCUT2D eigenvalue weighted by molar-refractivity contribution is -0.137. The first kappa shape index (κ1) is 26.4. The largest absolute Gasteiger partial charge is 0.465 e. The van der Waals surface area contributed by atoms with Crippen LogP contribution in [0.15, 0.2) is 66.9 Å². The van der Waals surface area contributed by atoms with Crippen LogP contribution in [0.1, 0.15) is 26.4 Å². The van der Waals surface area contributed by atoms with E-state index in [1.54, 1.807) is 73.6 Å². The number of benzene rings is 2. The maximum Gasteiger partial charge on any atom is 0.417 e. The van der Waals surface area contributed by atoms with Gasteiger partial charge in [-0.25, -0.2) is 19.3 Å². The van der Waals surface area contributed by atoms with E-state index in [0.29, 0.717) is 22.6 Å². The van der Waals surface area contributed by atoms with Gasteiger partial charge < -0.3 is 14.4 Å². The summed E-state index contributed by atoms with van der Waals surface area (Å²) >= 11 is 0. The molecule has 0 atom stereocenters. The third kappa shape index (κ3) is 4.95. The van der Waals surface area contributed by atoms with E-state index < -0.39 is 23.7 Å². The molecular formula is C27H23F3N4O4. The lowest BCUT2D eigenvalue weighted by Crippen LogP contribution is -2.15. The number of para-hydroxylation sites is 1. The van der Waals surface area contributed by atoms with Gasteiger partial charge in [-0.1, -0.05) is 36.4 Å². The first-order chi connectivity index (χ1) is 18.1. The standard InChI is InChI=1S/C27H23F3N4O4/c1-33(2)24-20(14-18(15-31-24)27(28,29)30)16-9-8-10-17(13-16)22-21(25(35)37-3)23(26(36)38-4)34(32-22)19-11-6-5-7-12-19/h5-15H,1-4H3. The Labute approximate surface area is 216 Å². The molecule has 2 aromatic heterocycles. The number of hydrogen-bond donors (Lipinski definition) is 0. The number of ether oxygens (including phenoxy) is 2. The Morgan fingerprint density at radius 3 is 2.16 bits per heavy atom. The number of alkyl halides is 3. The van der Waals surface area contributed by atoms with Crippen LogP contribution in [0.5, 0.6) is 0 Å². The normalized spacial score (nSPS) is 11.2. The lowest BCUT2D eigenvalue weighted by atomic mass is 9.98. The molecule has 0 aliphatic heterocycles. The fourth-order valence-corrected chi connectivity index (χ4v) is 3.97. The minimum absolute atomic E-state index is 0.0919. The Kier molecular flexibility index (Phi) is 7.20. The molecule has 0 bridgehead atoms. The van der Waals surface area contributed by atoms with Crippen LogP contribution in [0.25, 0.3) is 28.1 Å². The van der Waals surface area contributed by atoms with Gasteiger partial charge in [-0.05, 0) is 29.8 Å². The van der Waals surface area contributed by atoms with Crippen molar-refractivity contribution in [1.29, 1.82) is 0 Å². The van der Waals surface area contributed by atoms with Gasteiger partial charge in [0.05, 0.1) is 25.5 Å². The Bertz CT molecular complexity index is 1500. The van der Waals surface area contributed by atoms with Crippen LogP contribution in [0, 0.1) is 0 Å². The minimum Gasteiger partial charge on any atom is -0.465 e. The van der Waals surface area contributed by atoms with Crippen LogP contribution in [0.4, 0.5) is 19.0 Å². The van der Waals surface area contributed by atoms with E-state index in [0.717, 1.165) is 12.3 Å². The molecule has 2 aromatic carbocycles. The second kappa shape index (κ2) is 10.4. The average Bonchev–Trinajstić information content (AvgIpc) is 3.32. The number of nitrogens with zero attached hydrogens (tertiary/aromatic N) is 4. The summed E-state index contributed by atoms with van der Waals surface area (Å²) in [7, 11) is 5.68. The number of rotatable bonds is 6. The third-order valence-corrected chi connectivity index (χ3v) is 5.72. The molecule has 4 rings (SSSR count). The van der Waals surface area contributed by atoms with Gasteiger partial charge in [0.1, 0.15) is 17.1 Å². The predicted octanol–water partition coefficient (Wildman–Crippen LogP) is 5.26. The number of aromatic nitrogens is 3. The third-order valence-electron chi connectivity index (χ3n) is 5.72. The van der Waals surface area contributed by atoms with Gasteiger partial charge in [0.15, 0.2) is 5.69 Å². The Morgan fingerprint density at radius 1 is 0.895 bits per heavy atom. The highest BCUT2D eigenvalue weighted by molar-refractivity contribution is 6.07. The molecule has 38 heavy (non-hydrogen) atoms. The van der Waals surface area contributed by atoms with Crippen molar-refractivity contribution >= 4 is 17.8 Å². The molecule has 0 fully saturated rings. The quantitative estimate of drug-likeness (QED) is 0.318. The van der Waals surface area contributed by atoms with Crippen LogP contribution in [-0.2, 0) is 15.7 Å². The number of carbonyl (C=O) groups is 2. The molecule has 0 saturated heterocycles. The summed E-state index contributed by atoms with van der Waals surface area (Å²) in [6, 6.07) is 16.1. The second-order valence-electron chi connectivity index (χ2n) is 8.37. The number of pyridine rings is 1. The molecule has 0 N–H and O–H groups in total. The summed E-state index contributed by atoms with van der Waals surface area (Å²) < 4.78 is 51.7. The first-order valence-corrected chi connectivity index (χ1v) is 11.3. The van der Waals surface area contributed by atoms with Crippen molar-refractivity contribution in [2.24, 2.45) is 0 Å². The number of anilines is 1. The number of carbonyl (C=O) groups excluding carboxylic acids is 2. The molecule has 0 spiro atoms. The molecule has 11 heteroatoms. The SMILES string of the molecule is COC(=O)c1c(-c2cccc(-c3cc(C(F)(F)F)cnc3N(C)C)c2)nn(-c2ccccc2)c1C(=O)OC. The van der Waals surface area contributed by atoms with Gasteiger partial charge in [0.25, 0.3) is 0 Å². The molecule has 4 aromatic rings. The summed E-state index contributed by atoms with van der Waals surface area (Å²) in [5.41, 5.74) is 0.365. The predicted molar refractivity (Wildman–Crippen MR) is 134 cm³/mol. The van der Waals surface area contributed by atoms with Gasteiger partial charge in [-0.2, -0.15) is 18.3 Å². The molecule has 0 saturated carbocycles. The van der Waals surface area contributed by atoms with Gasteiger partial charge in [-0.3, -0.25) is 0 Å². The summed E-state index contributed by atoms with van der Waals surface area (Å²) in [5.74, 6) is -1.34. The van der Waals surface area contributed by atoms with Crippen LogP contribution >= 0.6 is 0 Å². The molecule has 0 aliphatic carbocycles. The minimum atomic E-state index is -4.59. The Balaban J connectivity index is 1.99. The number of esters is 2. The second-order valence-corrected chi connectivity index (χ2v) is 8.37. The summed E-state index contributed by atoms with van der Waals surface area (Å²) in [6.07, 6.45) is -3.81. The van der Waals surface area contributed by atoms with E-state index in [1.165, 1.54) is 18.9 Å². The fourth-order valence-electron chi connectivity index (χ4n) is 3.97. The maximum atomic E-state index is 13.5. The number of hydrogen-bond acceptors (Lipinski definition) is 7. The Hall–Kier alpha value is -4.67. The highest BCUT2D eigenvalue weighted by Gasteiger charge is 2.33. The Morgan fingerprint density at radius 2 is 1.55 bits per heavy atom. The maximum absolute atomic E-state index is 13.5. The molecule has 2 heterocycles. The lowest BCUT2D eigenvalue weighted by Gasteiger charge is -2.18. The highest BCUT2D eigenvalue weighted by Crippen LogP contribution is 2.37. The topological polar surface area (TPSA) is 86.5 Å². The van der Waals surface area contributed by atoms with Crippen molar-refractivity contribution in [2.45, 2.75) is 6.18 Å². The smallest absolute Gasteiger partial charge is 0.417 e. The van der Waals surface area contributed by atoms with Crippen molar-refractivity contribution in [2.75, 3.05) is 33.2 Å². The fraction of sp³-hybridized carbons (Fsp3) is 0.185. The molecule has 8 nitrogen and oxygen atoms in total. The molecule has 0 aliphatic rings. The number of halogens is 3. The van der Waals surface area contributed by atoms with Gasteiger partial charge >= 0.3 is 18.1 Å². The van der Waals surface area contributed by atoms with E-state index in [-0.39, 0.29) is 22.5 Å². The van der Waals surface area contributed by atoms with E-state index in [4.69, 9.17) is 9.47 Å². The van der Waals surface area contributed by atoms with Crippen molar-refractivity contribution < 1.29 is 32.2 Å². The number of methoxy groups -OCH3 is 2. The molecule has 196 valence electrons. The zero-order valence-electron chi connectivity index (χ0n) is 20.9. The van der Waals surface area contributed by atoms with Gasteiger partial charge in [0.2, 0.25) is 0 Å². The van der Waals surface area contributed by atoms with Crippen LogP contribution in [-0.4, -0.2) is 55.0 Å². The van der Waals surface area contributed by atoms with Gasteiger partial charge in [-0.15, -0.1) is 0 Å². The average molecular weight is 524 g/mol. The van der Waals surface area contributed by atoms with Crippen molar-refractivity contribution in [3.63, 3.8) is 0 Å². The van der Waals surface area contributed by atoms with E-state index >= 15 is 0 Å². The first-order valence-electron chi connectivity index (χ1n) is 11.3. The highest BCUT2D eigenvalue weighted by atomic mass is 19.4. The van der Waals surface area contributed by atoms with E-state index in [1.807, 2.05) is 0 Å². The van der Waals surface area contributed by atoms with Crippen LogP contribution in [0.2, 0.25) is 0 Å².